The van der Waals surface area contributed by atoms with Crippen LogP contribution >= 0.6 is 0 Å². The first kappa shape index (κ1) is 21.8. The third-order valence-corrected chi connectivity index (χ3v) is 5.56. The molecule has 0 saturated carbocycles. The molecule has 0 spiro atoms. The molecule has 0 atom stereocenters. The molecule has 2 rings (SSSR count). The van der Waals surface area contributed by atoms with Gasteiger partial charge in [-0.25, -0.2) is 9.48 Å². The van der Waals surface area contributed by atoms with Crippen LogP contribution in [0.4, 0.5) is 0 Å². The zero-order valence-corrected chi connectivity index (χ0v) is 17.9. The number of carbonyl (C=O) groups excluding carboxylic acids is 1. The lowest BCUT2D eigenvalue weighted by molar-refractivity contribution is 0.0498. The van der Waals surface area contributed by atoms with Gasteiger partial charge in [-0.15, -0.1) is 0 Å². The van der Waals surface area contributed by atoms with Gasteiger partial charge in [0.1, 0.15) is 13.3 Å². The van der Waals surface area contributed by atoms with Crippen LogP contribution in [0.25, 0.3) is 0 Å². The van der Waals surface area contributed by atoms with Gasteiger partial charge in [0, 0.05) is 14.7 Å². The number of hydrogen-bond acceptors (Lipinski definition) is 6. The number of benzene rings is 1. The van der Waals surface area contributed by atoms with Gasteiger partial charge in [-0.05, 0) is 18.5 Å². The van der Waals surface area contributed by atoms with E-state index in [1.165, 1.54) is 10.9 Å². The normalized spacial score (nSPS) is 11.3. The van der Waals surface area contributed by atoms with Gasteiger partial charge in [-0.1, -0.05) is 50.0 Å². The van der Waals surface area contributed by atoms with Gasteiger partial charge >= 0.3 is 5.97 Å². The molecule has 0 aliphatic rings. The van der Waals surface area contributed by atoms with Crippen molar-refractivity contribution in [1.29, 1.82) is 0 Å². The van der Waals surface area contributed by atoms with Gasteiger partial charge in [0.25, 0.3) is 5.43 Å². The molecule has 28 heavy (non-hydrogen) atoms. The Balaban J connectivity index is 2.17. The second kappa shape index (κ2) is 10.2. The number of nitrogens with zero attached hydrogens (tertiary/aromatic N) is 2. The second-order valence-electron chi connectivity index (χ2n) is 7.55. The van der Waals surface area contributed by atoms with Crippen LogP contribution in [0.1, 0.15) is 23.0 Å². The molecule has 2 aromatic rings. The van der Waals surface area contributed by atoms with Gasteiger partial charge in [0.05, 0.1) is 12.8 Å². The summed E-state index contributed by atoms with van der Waals surface area (Å²) in [6.45, 7) is 9.55. The lowest BCUT2D eigenvalue weighted by Gasteiger charge is -2.16. The molecular formula is C20H28N2O5Si. The maximum absolute atomic E-state index is 12.6. The second-order valence-corrected chi connectivity index (χ2v) is 13.2. The van der Waals surface area contributed by atoms with Crippen molar-refractivity contribution in [2.24, 2.45) is 0 Å². The van der Waals surface area contributed by atoms with Crippen molar-refractivity contribution in [2.45, 2.75) is 45.9 Å². The zero-order chi connectivity index (χ0) is 20.6. The van der Waals surface area contributed by atoms with E-state index in [4.69, 9.17) is 14.2 Å². The van der Waals surface area contributed by atoms with Crippen molar-refractivity contribution in [3.8, 4) is 5.75 Å². The summed E-state index contributed by atoms with van der Waals surface area (Å²) in [5.41, 5.74) is 0.0169. The van der Waals surface area contributed by atoms with Crippen LogP contribution in [0.15, 0.2) is 41.3 Å². The van der Waals surface area contributed by atoms with Crippen LogP contribution in [0.2, 0.25) is 25.7 Å². The highest BCUT2D eigenvalue weighted by Gasteiger charge is 2.19. The fourth-order valence-electron chi connectivity index (χ4n) is 2.29. The van der Waals surface area contributed by atoms with E-state index in [1.807, 2.05) is 30.3 Å². The predicted octanol–water partition coefficient (Wildman–Crippen LogP) is 3.31. The Kier molecular flexibility index (Phi) is 7.95. The minimum absolute atomic E-state index is 0.0377. The van der Waals surface area contributed by atoms with Gasteiger partial charge < -0.3 is 14.2 Å². The van der Waals surface area contributed by atoms with E-state index in [1.54, 1.807) is 6.92 Å². The third-order valence-electron chi connectivity index (χ3n) is 3.86. The number of ether oxygens (including phenoxy) is 3. The fourth-order valence-corrected chi connectivity index (χ4v) is 3.04. The quantitative estimate of drug-likeness (QED) is 0.343. The summed E-state index contributed by atoms with van der Waals surface area (Å²) in [5.74, 6) is -0.732. The van der Waals surface area contributed by atoms with Crippen molar-refractivity contribution in [3.63, 3.8) is 0 Å². The molecule has 0 aliphatic heterocycles. The third kappa shape index (κ3) is 6.93. The van der Waals surface area contributed by atoms with Crippen LogP contribution in [0, 0.1) is 0 Å². The highest BCUT2D eigenvalue weighted by Crippen LogP contribution is 2.10. The summed E-state index contributed by atoms with van der Waals surface area (Å²) in [4.78, 5) is 24.7. The summed E-state index contributed by atoms with van der Waals surface area (Å²) in [6, 6.07) is 10.5. The number of aromatic nitrogens is 2. The van der Waals surface area contributed by atoms with E-state index in [0.29, 0.717) is 6.61 Å². The molecule has 0 unspecified atom stereocenters. The van der Waals surface area contributed by atoms with E-state index in [9.17, 15) is 9.59 Å². The molecule has 0 fully saturated rings. The SMILES string of the molecule is CCOC(=O)c1nn(COCC[Si](C)(C)C)cc(OCc2ccccc2)c1=O. The maximum Gasteiger partial charge on any atom is 0.363 e. The first-order valence-corrected chi connectivity index (χ1v) is 13.0. The summed E-state index contributed by atoms with van der Waals surface area (Å²) in [6.07, 6.45) is 1.46. The van der Waals surface area contributed by atoms with Crippen LogP contribution in [-0.2, 0) is 22.8 Å². The monoisotopic (exact) mass is 404 g/mol. The molecular weight excluding hydrogens is 376 g/mol. The van der Waals surface area contributed by atoms with Gasteiger partial charge in [0.15, 0.2) is 5.75 Å². The highest BCUT2D eigenvalue weighted by molar-refractivity contribution is 6.76. The minimum Gasteiger partial charge on any atom is -0.483 e. The number of rotatable bonds is 10. The number of hydrogen-bond donors (Lipinski definition) is 0. The average molecular weight is 405 g/mol. The van der Waals surface area contributed by atoms with Crippen molar-refractivity contribution >= 4 is 14.0 Å². The van der Waals surface area contributed by atoms with E-state index in [2.05, 4.69) is 24.7 Å². The molecule has 8 heteroatoms. The van der Waals surface area contributed by atoms with Gasteiger partial charge in [-0.2, -0.15) is 5.10 Å². The molecule has 152 valence electrons. The summed E-state index contributed by atoms with van der Waals surface area (Å²) < 4.78 is 17.7. The number of esters is 1. The maximum atomic E-state index is 12.6. The van der Waals surface area contributed by atoms with Crippen LogP contribution in [0.5, 0.6) is 5.75 Å². The molecule has 0 saturated heterocycles. The van der Waals surface area contributed by atoms with Gasteiger partial charge in [-0.3, -0.25) is 4.79 Å². The molecule has 1 aromatic heterocycles. The zero-order valence-electron chi connectivity index (χ0n) is 16.9. The van der Waals surface area contributed by atoms with Crippen LogP contribution in [0.3, 0.4) is 0 Å². The van der Waals surface area contributed by atoms with Gasteiger partial charge in [0.2, 0.25) is 5.69 Å². The smallest absolute Gasteiger partial charge is 0.363 e. The fraction of sp³-hybridized carbons (Fsp3) is 0.450. The molecule has 0 N–H and O–H groups in total. The molecule has 0 amide bonds. The Labute approximate surface area is 166 Å². The average Bonchev–Trinajstić information content (AvgIpc) is 2.65. The summed E-state index contributed by atoms with van der Waals surface area (Å²) >= 11 is 0. The van der Waals surface area contributed by atoms with Crippen molar-refractivity contribution in [3.05, 3.63) is 58.0 Å². The minimum atomic E-state index is -1.21. The van der Waals surface area contributed by atoms with Crippen LogP contribution in [-0.4, -0.2) is 37.0 Å². The highest BCUT2D eigenvalue weighted by atomic mass is 28.3. The topological polar surface area (TPSA) is 79.7 Å². The Morgan fingerprint density at radius 3 is 2.54 bits per heavy atom. The molecule has 1 heterocycles. The summed E-state index contributed by atoms with van der Waals surface area (Å²) in [5, 5.41) is 4.08. The largest absolute Gasteiger partial charge is 0.483 e. The van der Waals surface area contributed by atoms with E-state index >= 15 is 0 Å². The van der Waals surface area contributed by atoms with E-state index in [-0.39, 0.29) is 31.4 Å². The van der Waals surface area contributed by atoms with E-state index < -0.39 is 19.5 Å². The van der Waals surface area contributed by atoms with Crippen molar-refractivity contribution in [2.75, 3.05) is 13.2 Å². The molecule has 0 bridgehead atoms. The molecule has 0 aliphatic carbocycles. The number of carbonyl (C=O) groups is 1. The Hall–Kier alpha value is -2.45. The Morgan fingerprint density at radius 2 is 1.89 bits per heavy atom. The van der Waals surface area contributed by atoms with E-state index in [0.717, 1.165) is 11.6 Å². The van der Waals surface area contributed by atoms with Crippen molar-refractivity contribution in [1.82, 2.24) is 9.78 Å². The summed E-state index contributed by atoms with van der Waals surface area (Å²) in [7, 11) is -1.21. The molecule has 0 radical (unpaired) electrons. The first-order valence-electron chi connectivity index (χ1n) is 9.33. The lowest BCUT2D eigenvalue weighted by Crippen LogP contribution is -2.26. The first-order chi connectivity index (χ1) is 13.3. The standard InChI is InChI=1S/C20H28N2O5Si/c1-5-26-20(24)18-19(23)17(27-14-16-9-7-6-8-10-16)13-22(21-18)15-25-11-12-28(2,3)4/h6-10,13H,5,11-12,14-15H2,1-4H3. The van der Waals surface area contributed by atoms with Crippen molar-refractivity contribution < 1.29 is 19.0 Å². The Morgan fingerprint density at radius 1 is 1.18 bits per heavy atom. The molecule has 1 aromatic carbocycles. The Bertz CT molecular complexity index is 831. The lowest BCUT2D eigenvalue weighted by atomic mass is 10.2. The van der Waals surface area contributed by atoms with Crippen LogP contribution < -0.4 is 10.2 Å². The molecule has 7 nitrogen and oxygen atoms in total. The predicted molar refractivity (Wildman–Crippen MR) is 109 cm³/mol.